The minimum Gasteiger partial charge on any atom is -0.380 e. The van der Waals surface area contributed by atoms with Gasteiger partial charge in [-0.1, -0.05) is 44.2 Å². The van der Waals surface area contributed by atoms with E-state index in [0.29, 0.717) is 23.6 Å². The third-order valence-corrected chi connectivity index (χ3v) is 6.09. The fraction of sp³-hybridized carbons (Fsp3) is 0.296. The van der Waals surface area contributed by atoms with E-state index >= 15 is 0 Å². The second-order valence-electron chi connectivity index (χ2n) is 8.96. The molecule has 0 saturated carbocycles. The number of benzene rings is 2. The Labute approximate surface area is 206 Å². The number of primary amides is 1. The molecule has 0 unspecified atom stereocenters. The number of hydrogen-bond donors (Lipinski definition) is 3. The number of anilines is 4. The molecule has 3 aromatic rings. The van der Waals surface area contributed by atoms with E-state index in [1.807, 2.05) is 61.2 Å². The van der Waals surface area contributed by atoms with Crippen molar-refractivity contribution in [2.24, 2.45) is 11.7 Å². The van der Waals surface area contributed by atoms with Gasteiger partial charge in [-0.15, -0.1) is 0 Å². The van der Waals surface area contributed by atoms with Gasteiger partial charge in [-0.2, -0.15) is 0 Å². The van der Waals surface area contributed by atoms with Gasteiger partial charge in [0.05, 0.1) is 11.3 Å². The maximum absolute atomic E-state index is 12.2. The topological polar surface area (TPSA) is 104 Å². The van der Waals surface area contributed by atoms with E-state index in [-0.39, 0.29) is 11.8 Å². The van der Waals surface area contributed by atoms with Crippen LogP contribution < -0.4 is 21.3 Å². The minimum atomic E-state index is -0.529. The molecule has 2 amide bonds. The van der Waals surface area contributed by atoms with Crippen LogP contribution in [0.3, 0.4) is 0 Å². The summed E-state index contributed by atoms with van der Waals surface area (Å²) >= 11 is 0. The summed E-state index contributed by atoms with van der Waals surface area (Å²) in [4.78, 5) is 32.7. The zero-order chi connectivity index (χ0) is 24.8. The lowest BCUT2D eigenvalue weighted by molar-refractivity contribution is -0.134. The molecular weight excluding hydrogens is 440 g/mol. The van der Waals surface area contributed by atoms with E-state index in [4.69, 9.17) is 5.73 Å². The number of aromatic nitrogens is 1. The minimum absolute atomic E-state index is 0.0339. The largest absolute Gasteiger partial charge is 0.380 e. The van der Waals surface area contributed by atoms with E-state index in [2.05, 4.69) is 32.7 Å². The average Bonchev–Trinajstić information content (AvgIpc) is 2.88. The monoisotopic (exact) mass is 472 g/mol. The predicted octanol–water partition coefficient (Wildman–Crippen LogP) is 3.84. The molecule has 0 aliphatic carbocycles. The maximum atomic E-state index is 12.2. The standard InChI is InChI=1S/C27H32N6O2/c1-19(2)27(35)33-14-12-32(13-15-33)22-10-8-21(9-11-22)31-25-16-24(23(18-30-25)26(28)34)29-17-20-6-4-3-5-7-20/h3-11,16,18-19H,12-15,17H2,1-2H3,(H2,28,34)(H2,29,30,31). The smallest absolute Gasteiger partial charge is 0.252 e. The van der Waals surface area contributed by atoms with Crippen molar-refractivity contribution in [3.63, 3.8) is 0 Å². The van der Waals surface area contributed by atoms with Crippen LogP contribution >= 0.6 is 0 Å². The number of nitrogens with two attached hydrogens (primary N) is 1. The zero-order valence-corrected chi connectivity index (χ0v) is 20.2. The molecule has 0 bridgehead atoms. The first kappa shape index (κ1) is 24.1. The molecule has 0 spiro atoms. The van der Waals surface area contributed by atoms with Crippen molar-refractivity contribution in [1.82, 2.24) is 9.88 Å². The van der Waals surface area contributed by atoms with Crippen molar-refractivity contribution < 1.29 is 9.59 Å². The number of amides is 2. The summed E-state index contributed by atoms with van der Waals surface area (Å²) in [5.74, 6) is 0.335. The molecule has 35 heavy (non-hydrogen) atoms. The molecule has 8 nitrogen and oxygen atoms in total. The number of carbonyl (C=O) groups excluding carboxylic acids is 2. The molecule has 1 fully saturated rings. The molecule has 4 rings (SSSR count). The summed E-state index contributed by atoms with van der Waals surface area (Å²) in [6.07, 6.45) is 1.49. The van der Waals surface area contributed by atoms with Crippen molar-refractivity contribution in [3.8, 4) is 0 Å². The Morgan fingerprint density at radius 2 is 1.69 bits per heavy atom. The fourth-order valence-corrected chi connectivity index (χ4v) is 4.11. The van der Waals surface area contributed by atoms with Gasteiger partial charge in [0.15, 0.2) is 0 Å². The van der Waals surface area contributed by atoms with Crippen molar-refractivity contribution in [3.05, 3.63) is 78.0 Å². The zero-order valence-electron chi connectivity index (χ0n) is 20.2. The summed E-state index contributed by atoms with van der Waals surface area (Å²) in [5.41, 5.74) is 9.62. The van der Waals surface area contributed by atoms with Crippen LogP contribution in [-0.4, -0.2) is 47.9 Å². The molecule has 2 heterocycles. The van der Waals surface area contributed by atoms with Gasteiger partial charge in [0.2, 0.25) is 5.91 Å². The van der Waals surface area contributed by atoms with Crippen molar-refractivity contribution >= 4 is 34.7 Å². The van der Waals surface area contributed by atoms with Crippen molar-refractivity contribution in [2.75, 3.05) is 41.7 Å². The van der Waals surface area contributed by atoms with Gasteiger partial charge >= 0.3 is 0 Å². The first-order valence-electron chi connectivity index (χ1n) is 11.9. The molecule has 1 aliphatic rings. The van der Waals surface area contributed by atoms with Crippen LogP contribution in [-0.2, 0) is 11.3 Å². The van der Waals surface area contributed by atoms with Crippen LogP contribution in [0.4, 0.5) is 22.9 Å². The van der Waals surface area contributed by atoms with Crippen molar-refractivity contribution in [1.29, 1.82) is 0 Å². The lowest BCUT2D eigenvalue weighted by Crippen LogP contribution is -2.49. The third kappa shape index (κ3) is 6.09. The molecule has 1 aliphatic heterocycles. The average molecular weight is 473 g/mol. The summed E-state index contributed by atoms with van der Waals surface area (Å²) in [7, 11) is 0. The second-order valence-corrected chi connectivity index (χ2v) is 8.96. The molecule has 0 atom stereocenters. The van der Waals surface area contributed by atoms with Gasteiger partial charge in [0, 0.05) is 62.3 Å². The Bertz CT molecular complexity index is 1160. The number of nitrogens with one attached hydrogen (secondary N) is 2. The van der Waals surface area contributed by atoms with Crippen LogP contribution in [0.15, 0.2) is 66.9 Å². The Morgan fingerprint density at radius 1 is 1.00 bits per heavy atom. The van der Waals surface area contributed by atoms with E-state index in [1.165, 1.54) is 6.20 Å². The highest BCUT2D eigenvalue weighted by Gasteiger charge is 2.23. The molecule has 1 aromatic heterocycles. The number of nitrogens with zero attached hydrogens (tertiary/aromatic N) is 3. The second kappa shape index (κ2) is 10.9. The fourth-order valence-electron chi connectivity index (χ4n) is 4.11. The van der Waals surface area contributed by atoms with E-state index in [1.54, 1.807) is 6.07 Å². The highest BCUT2D eigenvalue weighted by atomic mass is 16.2. The van der Waals surface area contributed by atoms with Gasteiger partial charge in [0.25, 0.3) is 5.91 Å². The van der Waals surface area contributed by atoms with E-state index in [9.17, 15) is 9.59 Å². The van der Waals surface area contributed by atoms with Gasteiger partial charge in [-0.25, -0.2) is 4.98 Å². The Morgan fingerprint density at radius 3 is 2.31 bits per heavy atom. The normalized spacial score (nSPS) is 13.6. The van der Waals surface area contributed by atoms with E-state index < -0.39 is 5.91 Å². The molecule has 8 heteroatoms. The van der Waals surface area contributed by atoms with Gasteiger partial charge < -0.3 is 26.2 Å². The highest BCUT2D eigenvalue weighted by Crippen LogP contribution is 2.25. The van der Waals surface area contributed by atoms with Crippen LogP contribution in [0.1, 0.15) is 29.8 Å². The number of piperazine rings is 1. The van der Waals surface area contributed by atoms with Crippen molar-refractivity contribution in [2.45, 2.75) is 20.4 Å². The lowest BCUT2D eigenvalue weighted by Gasteiger charge is -2.37. The van der Waals surface area contributed by atoms with Crippen LogP contribution in [0, 0.1) is 5.92 Å². The Hall–Kier alpha value is -4.07. The maximum Gasteiger partial charge on any atom is 0.252 e. The molecule has 0 radical (unpaired) electrons. The highest BCUT2D eigenvalue weighted by molar-refractivity contribution is 5.98. The van der Waals surface area contributed by atoms with E-state index in [0.717, 1.165) is 43.1 Å². The Kier molecular flexibility index (Phi) is 7.50. The first-order chi connectivity index (χ1) is 16.9. The molecular formula is C27H32N6O2. The summed E-state index contributed by atoms with van der Waals surface area (Å²) in [6, 6.07) is 19.9. The quantitative estimate of drug-likeness (QED) is 0.460. The van der Waals surface area contributed by atoms with Gasteiger partial charge in [-0.3, -0.25) is 9.59 Å². The number of hydrogen-bond acceptors (Lipinski definition) is 6. The number of pyridine rings is 1. The van der Waals surface area contributed by atoms with Gasteiger partial charge in [-0.05, 0) is 29.8 Å². The molecule has 182 valence electrons. The van der Waals surface area contributed by atoms with Gasteiger partial charge in [0.1, 0.15) is 5.82 Å². The Balaban J connectivity index is 1.40. The third-order valence-electron chi connectivity index (χ3n) is 6.09. The number of carbonyl (C=O) groups is 2. The summed E-state index contributed by atoms with van der Waals surface area (Å²) in [6.45, 7) is 7.57. The molecule has 2 aromatic carbocycles. The molecule has 1 saturated heterocycles. The summed E-state index contributed by atoms with van der Waals surface area (Å²) in [5, 5.41) is 6.59. The predicted molar refractivity (Wildman–Crippen MR) is 140 cm³/mol. The molecule has 4 N–H and O–H groups in total. The van der Waals surface area contributed by atoms with Crippen LogP contribution in [0.5, 0.6) is 0 Å². The first-order valence-corrected chi connectivity index (χ1v) is 11.9. The summed E-state index contributed by atoms with van der Waals surface area (Å²) < 4.78 is 0. The SMILES string of the molecule is CC(C)C(=O)N1CCN(c2ccc(Nc3cc(NCc4ccccc4)c(C(N)=O)cn3)cc2)CC1. The number of rotatable bonds is 8. The van der Waals surface area contributed by atoms with Crippen LogP contribution in [0.2, 0.25) is 0 Å². The lowest BCUT2D eigenvalue weighted by atomic mass is 10.1. The van der Waals surface area contributed by atoms with Crippen LogP contribution in [0.25, 0.3) is 0 Å².